The minimum absolute atomic E-state index is 0.176. The summed E-state index contributed by atoms with van der Waals surface area (Å²) in [4.78, 5) is 29.5. The molecule has 1 aromatic carbocycles. The van der Waals surface area contributed by atoms with Crippen molar-refractivity contribution in [3.63, 3.8) is 0 Å². The Bertz CT molecular complexity index is 756. The quantitative estimate of drug-likeness (QED) is 0.902. The number of carbonyl (C=O) groups is 2. The number of nitrogens with one attached hydrogen (secondary N) is 2. The monoisotopic (exact) mass is 330 g/mol. The van der Waals surface area contributed by atoms with E-state index in [9.17, 15) is 9.59 Å². The number of benzene rings is 1. The van der Waals surface area contributed by atoms with Crippen LogP contribution in [0.4, 0.5) is 10.5 Å². The van der Waals surface area contributed by atoms with Gasteiger partial charge >= 0.3 is 6.03 Å². The number of fused-ring (bicyclic) bond motifs is 1. The maximum Gasteiger partial charge on any atom is 0.321 e. The van der Waals surface area contributed by atoms with E-state index in [-0.39, 0.29) is 12.5 Å². The molecule has 6 nitrogen and oxygen atoms in total. The van der Waals surface area contributed by atoms with Crippen molar-refractivity contribution in [2.24, 2.45) is 0 Å². The van der Waals surface area contributed by atoms with Crippen LogP contribution in [-0.2, 0) is 11.2 Å². The number of anilines is 1. The van der Waals surface area contributed by atoms with Crippen LogP contribution in [0.15, 0.2) is 23.6 Å². The molecule has 2 N–H and O–H groups in total. The number of hydrogen-bond acceptors (Lipinski definition) is 5. The Morgan fingerprint density at radius 1 is 1.39 bits per heavy atom. The fraction of sp³-hybridized carbons (Fsp3) is 0.312. The molecule has 0 saturated carbocycles. The minimum atomic E-state index is -0.483. The Kier molecular flexibility index (Phi) is 4.29. The van der Waals surface area contributed by atoms with Crippen LogP contribution in [-0.4, -0.2) is 37.1 Å². The molecule has 3 amide bonds. The van der Waals surface area contributed by atoms with Gasteiger partial charge < -0.3 is 10.2 Å². The summed E-state index contributed by atoms with van der Waals surface area (Å²) in [5.74, 6) is -0.309. The second-order valence-electron chi connectivity index (χ2n) is 5.39. The second kappa shape index (κ2) is 6.37. The van der Waals surface area contributed by atoms with Gasteiger partial charge in [0.25, 0.3) is 0 Å². The molecule has 1 aliphatic heterocycles. The SMILES string of the molecule is CNC(=O)NC(=O)CN1CCc2cc(-c3csc(C)n3)ccc21. The van der Waals surface area contributed by atoms with Gasteiger partial charge in [-0.15, -0.1) is 11.3 Å². The minimum Gasteiger partial charge on any atom is -0.362 e. The molecule has 0 spiro atoms. The molecule has 1 aromatic heterocycles. The van der Waals surface area contributed by atoms with Gasteiger partial charge in [-0.1, -0.05) is 6.07 Å². The summed E-state index contributed by atoms with van der Waals surface area (Å²) in [5.41, 5.74) is 4.35. The van der Waals surface area contributed by atoms with Crippen molar-refractivity contribution in [2.75, 3.05) is 25.0 Å². The molecule has 0 aliphatic carbocycles. The number of rotatable bonds is 3. The third-order valence-electron chi connectivity index (χ3n) is 3.80. The van der Waals surface area contributed by atoms with E-state index >= 15 is 0 Å². The highest BCUT2D eigenvalue weighted by atomic mass is 32.1. The third kappa shape index (κ3) is 3.34. The molecule has 7 heteroatoms. The topological polar surface area (TPSA) is 74.3 Å². The summed E-state index contributed by atoms with van der Waals surface area (Å²) in [6.45, 7) is 2.94. The Morgan fingerprint density at radius 2 is 2.22 bits per heavy atom. The summed E-state index contributed by atoms with van der Waals surface area (Å²) < 4.78 is 0. The molecule has 0 saturated heterocycles. The molecule has 0 unspecified atom stereocenters. The molecule has 0 radical (unpaired) electrons. The fourth-order valence-electron chi connectivity index (χ4n) is 2.69. The fourth-order valence-corrected chi connectivity index (χ4v) is 3.31. The van der Waals surface area contributed by atoms with Crippen LogP contribution in [0.3, 0.4) is 0 Å². The van der Waals surface area contributed by atoms with Crippen molar-refractivity contribution in [2.45, 2.75) is 13.3 Å². The lowest BCUT2D eigenvalue weighted by Crippen LogP contribution is -2.43. The average Bonchev–Trinajstić information content (AvgIpc) is 3.13. The Morgan fingerprint density at radius 3 is 2.91 bits per heavy atom. The lowest BCUT2D eigenvalue weighted by Gasteiger charge is -2.18. The summed E-state index contributed by atoms with van der Waals surface area (Å²) in [6.07, 6.45) is 0.888. The molecule has 0 bridgehead atoms. The van der Waals surface area contributed by atoms with Crippen LogP contribution >= 0.6 is 11.3 Å². The van der Waals surface area contributed by atoms with Crippen molar-refractivity contribution in [3.05, 3.63) is 34.2 Å². The van der Waals surface area contributed by atoms with Crippen molar-refractivity contribution >= 4 is 29.0 Å². The number of carbonyl (C=O) groups excluding carboxylic acids is 2. The van der Waals surface area contributed by atoms with Gasteiger partial charge in [-0.2, -0.15) is 0 Å². The van der Waals surface area contributed by atoms with Gasteiger partial charge in [-0.05, 0) is 31.0 Å². The molecule has 3 rings (SSSR count). The first-order valence-corrected chi connectivity index (χ1v) is 8.26. The van der Waals surface area contributed by atoms with E-state index in [0.717, 1.165) is 34.9 Å². The van der Waals surface area contributed by atoms with E-state index in [1.165, 1.54) is 12.6 Å². The number of nitrogens with zero attached hydrogens (tertiary/aromatic N) is 2. The first-order chi connectivity index (χ1) is 11.1. The van der Waals surface area contributed by atoms with Crippen molar-refractivity contribution < 1.29 is 9.59 Å². The number of aromatic nitrogens is 1. The highest BCUT2D eigenvalue weighted by molar-refractivity contribution is 7.09. The predicted molar refractivity (Wildman–Crippen MR) is 90.8 cm³/mol. The first kappa shape index (κ1) is 15.5. The zero-order valence-corrected chi connectivity index (χ0v) is 13.9. The van der Waals surface area contributed by atoms with E-state index in [1.54, 1.807) is 11.3 Å². The number of imide groups is 1. The predicted octanol–water partition coefficient (Wildman–Crippen LogP) is 1.94. The maximum absolute atomic E-state index is 11.8. The van der Waals surface area contributed by atoms with Crippen LogP contribution in [0.1, 0.15) is 10.6 Å². The lowest BCUT2D eigenvalue weighted by atomic mass is 10.1. The van der Waals surface area contributed by atoms with E-state index in [2.05, 4.69) is 27.1 Å². The smallest absolute Gasteiger partial charge is 0.321 e. The van der Waals surface area contributed by atoms with Gasteiger partial charge in [-0.3, -0.25) is 10.1 Å². The summed E-state index contributed by atoms with van der Waals surface area (Å²) in [7, 11) is 1.48. The molecule has 0 atom stereocenters. The molecule has 2 heterocycles. The van der Waals surface area contributed by atoms with Gasteiger partial charge in [0.2, 0.25) is 5.91 Å². The van der Waals surface area contributed by atoms with Crippen LogP contribution < -0.4 is 15.5 Å². The highest BCUT2D eigenvalue weighted by Gasteiger charge is 2.22. The lowest BCUT2D eigenvalue weighted by molar-refractivity contribution is -0.118. The molecular weight excluding hydrogens is 312 g/mol. The number of urea groups is 1. The number of amides is 3. The standard InChI is InChI=1S/C16H18N4O2S/c1-10-18-13(9-23-10)11-3-4-14-12(7-11)5-6-20(14)8-15(21)19-16(22)17-2/h3-4,7,9H,5-6,8H2,1-2H3,(H2,17,19,21,22). The molecule has 0 fully saturated rings. The van der Waals surface area contributed by atoms with Gasteiger partial charge in [0.15, 0.2) is 0 Å². The summed E-state index contributed by atoms with van der Waals surface area (Å²) >= 11 is 1.64. The highest BCUT2D eigenvalue weighted by Crippen LogP contribution is 2.32. The zero-order valence-electron chi connectivity index (χ0n) is 13.0. The van der Waals surface area contributed by atoms with E-state index < -0.39 is 6.03 Å². The first-order valence-electron chi connectivity index (χ1n) is 7.39. The van der Waals surface area contributed by atoms with Gasteiger partial charge in [0.1, 0.15) is 0 Å². The van der Waals surface area contributed by atoms with Crippen LogP contribution in [0.2, 0.25) is 0 Å². The van der Waals surface area contributed by atoms with Crippen molar-refractivity contribution in [1.82, 2.24) is 15.6 Å². The molecule has 2 aromatic rings. The third-order valence-corrected chi connectivity index (χ3v) is 4.57. The van der Waals surface area contributed by atoms with Gasteiger partial charge in [0, 0.05) is 30.2 Å². The van der Waals surface area contributed by atoms with E-state index in [0.29, 0.717) is 0 Å². The molecular formula is C16H18N4O2S. The Labute approximate surface area is 138 Å². The number of thiazole rings is 1. The Hall–Kier alpha value is -2.41. The Balaban J connectivity index is 1.74. The largest absolute Gasteiger partial charge is 0.362 e. The van der Waals surface area contributed by atoms with Crippen molar-refractivity contribution in [3.8, 4) is 11.3 Å². The van der Waals surface area contributed by atoms with Crippen LogP contribution in [0, 0.1) is 6.92 Å². The average molecular weight is 330 g/mol. The van der Waals surface area contributed by atoms with Crippen LogP contribution in [0.25, 0.3) is 11.3 Å². The van der Waals surface area contributed by atoms with Gasteiger partial charge in [-0.25, -0.2) is 9.78 Å². The number of aryl methyl sites for hydroxylation is 1. The zero-order chi connectivity index (χ0) is 16.4. The van der Waals surface area contributed by atoms with E-state index in [4.69, 9.17) is 0 Å². The summed E-state index contributed by atoms with van der Waals surface area (Å²) in [6, 6.07) is 5.71. The van der Waals surface area contributed by atoms with Crippen LogP contribution in [0.5, 0.6) is 0 Å². The molecule has 120 valence electrons. The van der Waals surface area contributed by atoms with E-state index in [1.807, 2.05) is 24.0 Å². The second-order valence-corrected chi connectivity index (χ2v) is 6.46. The maximum atomic E-state index is 11.8. The molecule has 1 aliphatic rings. The van der Waals surface area contributed by atoms with Crippen molar-refractivity contribution in [1.29, 1.82) is 0 Å². The van der Waals surface area contributed by atoms with Gasteiger partial charge in [0.05, 0.1) is 17.2 Å². The summed E-state index contributed by atoms with van der Waals surface area (Å²) in [5, 5.41) is 7.77. The number of hydrogen-bond donors (Lipinski definition) is 2. The normalized spacial score (nSPS) is 12.9. The molecule has 23 heavy (non-hydrogen) atoms.